The maximum Gasteiger partial charge on any atom is 0.289 e. The molecule has 0 saturated carbocycles. The standard InChI is InChI=1S/C23H21FN2O3/c24-18-9-4-8-17(12-18)19-14-26(23(28)21-10-5-11-29-21)15-20(19)22(27)25-13-16-6-2-1-3-7-16/h1-12,19-20H,13-15H2,(H,25,27). The second kappa shape index (κ2) is 8.31. The zero-order valence-corrected chi connectivity index (χ0v) is 15.8. The molecule has 1 aromatic heterocycles. The summed E-state index contributed by atoms with van der Waals surface area (Å²) in [5.74, 6) is -1.32. The van der Waals surface area contributed by atoms with Crippen molar-refractivity contribution in [2.75, 3.05) is 13.1 Å². The third kappa shape index (κ3) is 4.21. The third-order valence-electron chi connectivity index (χ3n) is 5.26. The molecule has 0 aliphatic carbocycles. The normalized spacial score (nSPS) is 18.6. The smallest absolute Gasteiger partial charge is 0.289 e. The van der Waals surface area contributed by atoms with Gasteiger partial charge in [-0.3, -0.25) is 9.59 Å². The number of likely N-dealkylation sites (tertiary alicyclic amines) is 1. The van der Waals surface area contributed by atoms with Crippen molar-refractivity contribution in [2.24, 2.45) is 5.92 Å². The lowest BCUT2D eigenvalue weighted by Crippen LogP contribution is -2.35. The quantitative estimate of drug-likeness (QED) is 0.722. The van der Waals surface area contributed by atoms with E-state index in [0.29, 0.717) is 18.7 Å². The van der Waals surface area contributed by atoms with Gasteiger partial charge in [0.15, 0.2) is 5.76 Å². The summed E-state index contributed by atoms with van der Waals surface area (Å²) in [5.41, 5.74) is 1.70. The Balaban J connectivity index is 1.54. The average Bonchev–Trinajstić information content (AvgIpc) is 3.43. The first kappa shape index (κ1) is 18.9. The zero-order valence-electron chi connectivity index (χ0n) is 15.8. The SMILES string of the molecule is O=C(NCc1ccccc1)C1CN(C(=O)c2ccco2)CC1c1cccc(F)c1. The Morgan fingerprint density at radius 3 is 2.59 bits per heavy atom. The fraction of sp³-hybridized carbons (Fsp3) is 0.217. The summed E-state index contributed by atoms with van der Waals surface area (Å²) in [6.45, 7) is 0.978. The van der Waals surface area contributed by atoms with Crippen LogP contribution in [-0.2, 0) is 11.3 Å². The number of carbonyl (C=O) groups is 2. The number of halogens is 1. The average molecular weight is 392 g/mol. The molecule has 1 aliphatic heterocycles. The molecule has 4 rings (SSSR count). The topological polar surface area (TPSA) is 62.6 Å². The van der Waals surface area contributed by atoms with Crippen LogP contribution in [0.5, 0.6) is 0 Å². The number of benzene rings is 2. The van der Waals surface area contributed by atoms with Gasteiger partial charge in [0.25, 0.3) is 5.91 Å². The molecule has 2 unspecified atom stereocenters. The van der Waals surface area contributed by atoms with Crippen molar-refractivity contribution in [1.82, 2.24) is 10.2 Å². The van der Waals surface area contributed by atoms with Crippen LogP contribution in [0.25, 0.3) is 0 Å². The molecule has 0 spiro atoms. The van der Waals surface area contributed by atoms with Gasteiger partial charge in [-0.15, -0.1) is 0 Å². The first-order valence-corrected chi connectivity index (χ1v) is 9.51. The molecule has 2 heterocycles. The molecule has 6 heteroatoms. The van der Waals surface area contributed by atoms with Crippen molar-refractivity contribution < 1.29 is 18.4 Å². The summed E-state index contributed by atoms with van der Waals surface area (Å²) in [4.78, 5) is 27.3. The second-order valence-corrected chi connectivity index (χ2v) is 7.16. The molecule has 148 valence electrons. The second-order valence-electron chi connectivity index (χ2n) is 7.16. The largest absolute Gasteiger partial charge is 0.459 e. The fourth-order valence-corrected chi connectivity index (χ4v) is 3.78. The highest BCUT2D eigenvalue weighted by Crippen LogP contribution is 2.34. The minimum Gasteiger partial charge on any atom is -0.459 e. The number of nitrogens with zero attached hydrogens (tertiary/aromatic N) is 1. The van der Waals surface area contributed by atoms with Crippen LogP contribution in [0.4, 0.5) is 4.39 Å². The lowest BCUT2D eigenvalue weighted by molar-refractivity contribution is -0.125. The van der Waals surface area contributed by atoms with E-state index >= 15 is 0 Å². The van der Waals surface area contributed by atoms with Crippen LogP contribution in [-0.4, -0.2) is 29.8 Å². The molecule has 1 aliphatic rings. The lowest BCUT2D eigenvalue weighted by Gasteiger charge is -2.18. The summed E-state index contributed by atoms with van der Waals surface area (Å²) >= 11 is 0. The summed E-state index contributed by atoms with van der Waals surface area (Å²) < 4.78 is 19.0. The molecule has 0 bridgehead atoms. The minimum atomic E-state index is -0.473. The van der Waals surface area contributed by atoms with Gasteiger partial charge in [-0.2, -0.15) is 0 Å². The fourth-order valence-electron chi connectivity index (χ4n) is 3.78. The van der Waals surface area contributed by atoms with Crippen molar-refractivity contribution in [3.8, 4) is 0 Å². The van der Waals surface area contributed by atoms with Crippen LogP contribution in [0.3, 0.4) is 0 Å². The number of nitrogens with one attached hydrogen (secondary N) is 1. The molecule has 5 nitrogen and oxygen atoms in total. The highest BCUT2D eigenvalue weighted by Gasteiger charge is 2.41. The van der Waals surface area contributed by atoms with Gasteiger partial charge in [0.1, 0.15) is 5.82 Å². The van der Waals surface area contributed by atoms with Crippen LogP contribution in [0.15, 0.2) is 77.4 Å². The van der Waals surface area contributed by atoms with Crippen molar-refractivity contribution in [3.05, 3.63) is 95.7 Å². The Bertz CT molecular complexity index is 988. The van der Waals surface area contributed by atoms with E-state index in [4.69, 9.17) is 4.42 Å². The number of hydrogen-bond donors (Lipinski definition) is 1. The van der Waals surface area contributed by atoms with Crippen molar-refractivity contribution in [3.63, 3.8) is 0 Å². The summed E-state index contributed by atoms with van der Waals surface area (Å²) in [5, 5.41) is 2.96. The van der Waals surface area contributed by atoms with Gasteiger partial charge in [0, 0.05) is 25.6 Å². The summed E-state index contributed by atoms with van der Waals surface area (Å²) in [6.07, 6.45) is 1.44. The van der Waals surface area contributed by atoms with E-state index in [-0.39, 0.29) is 35.9 Å². The predicted molar refractivity (Wildman–Crippen MR) is 106 cm³/mol. The molecule has 2 aromatic carbocycles. The van der Waals surface area contributed by atoms with Crippen LogP contribution >= 0.6 is 0 Å². The molecular weight excluding hydrogens is 371 g/mol. The van der Waals surface area contributed by atoms with Gasteiger partial charge in [-0.1, -0.05) is 42.5 Å². The third-order valence-corrected chi connectivity index (χ3v) is 5.26. The highest BCUT2D eigenvalue weighted by molar-refractivity contribution is 5.92. The monoisotopic (exact) mass is 392 g/mol. The maximum absolute atomic E-state index is 13.8. The van der Waals surface area contributed by atoms with Crippen molar-refractivity contribution in [2.45, 2.75) is 12.5 Å². The Morgan fingerprint density at radius 1 is 1.03 bits per heavy atom. The van der Waals surface area contributed by atoms with E-state index in [9.17, 15) is 14.0 Å². The molecule has 2 amide bonds. The van der Waals surface area contributed by atoms with Gasteiger partial charge in [-0.25, -0.2) is 4.39 Å². The minimum absolute atomic E-state index is 0.155. The molecule has 1 saturated heterocycles. The molecule has 0 radical (unpaired) electrons. The molecule has 1 N–H and O–H groups in total. The van der Waals surface area contributed by atoms with Crippen molar-refractivity contribution >= 4 is 11.8 Å². The van der Waals surface area contributed by atoms with E-state index in [1.165, 1.54) is 18.4 Å². The molecule has 1 fully saturated rings. The Hall–Kier alpha value is -3.41. The number of hydrogen-bond acceptors (Lipinski definition) is 3. The Labute approximate surface area is 168 Å². The number of amides is 2. The van der Waals surface area contributed by atoms with E-state index in [2.05, 4.69) is 5.32 Å². The summed E-state index contributed by atoms with van der Waals surface area (Å²) in [6, 6.07) is 19.1. The molecule has 29 heavy (non-hydrogen) atoms. The highest BCUT2D eigenvalue weighted by atomic mass is 19.1. The van der Waals surface area contributed by atoms with Gasteiger partial charge in [-0.05, 0) is 35.4 Å². The zero-order chi connectivity index (χ0) is 20.2. The number of carbonyl (C=O) groups excluding carboxylic acids is 2. The predicted octanol–water partition coefficient (Wildman–Crippen LogP) is 3.59. The van der Waals surface area contributed by atoms with Gasteiger partial charge in [0.2, 0.25) is 5.91 Å². The number of furan rings is 1. The maximum atomic E-state index is 13.8. The van der Waals surface area contributed by atoms with E-state index < -0.39 is 5.92 Å². The molecule has 2 atom stereocenters. The first-order chi connectivity index (χ1) is 14.1. The van der Waals surface area contributed by atoms with Gasteiger partial charge in [0.05, 0.1) is 12.2 Å². The van der Waals surface area contributed by atoms with E-state index in [1.807, 2.05) is 30.3 Å². The summed E-state index contributed by atoms with van der Waals surface area (Å²) in [7, 11) is 0. The lowest BCUT2D eigenvalue weighted by atomic mass is 9.88. The molecule has 3 aromatic rings. The van der Waals surface area contributed by atoms with Gasteiger partial charge >= 0.3 is 0 Å². The van der Waals surface area contributed by atoms with Crippen molar-refractivity contribution in [1.29, 1.82) is 0 Å². The van der Waals surface area contributed by atoms with E-state index in [1.54, 1.807) is 29.2 Å². The first-order valence-electron chi connectivity index (χ1n) is 9.51. The number of rotatable bonds is 5. The van der Waals surface area contributed by atoms with Crippen LogP contribution < -0.4 is 5.32 Å². The Kier molecular flexibility index (Phi) is 5.42. The molecular formula is C23H21FN2O3. The van der Waals surface area contributed by atoms with Crippen LogP contribution in [0, 0.1) is 11.7 Å². The van der Waals surface area contributed by atoms with Crippen LogP contribution in [0.1, 0.15) is 27.6 Å². The van der Waals surface area contributed by atoms with Gasteiger partial charge < -0.3 is 14.6 Å². The Morgan fingerprint density at radius 2 is 1.86 bits per heavy atom. The van der Waals surface area contributed by atoms with E-state index in [0.717, 1.165) is 5.56 Å². The van der Waals surface area contributed by atoms with Crippen LogP contribution in [0.2, 0.25) is 0 Å².